The molecule has 1 aromatic carbocycles. The van der Waals surface area contributed by atoms with Gasteiger partial charge in [-0.15, -0.1) is 12.4 Å². The van der Waals surface area contributed by atoms with Crippen LogP contribution < -0.4 is 5.73 Å². The van der Waals surface area contributed by atoms with E-state index in [4.69, 9.17) is 10.5 Å². The Balaban J connectivity index is 0.00000264. The smallest absolute Gasteiger partial charge is 0.226 e. The molecular formula is C17H26BrClN2O2. The summed E-state index contributed by atoms with van der Waals surface area (Å²) in [4.78, 5) is 14.8. The molecule has 0 radical (unpaired) electrons. The lowest BCUT2D eigenvalue weighted by Gasteiger charge is -2.33. The fourth-order valence-electron chi connectivity index (χ4n) is 2.99. The van der Waals surface area contributed by atoms with Gasteiger partial charge in [0.05, 0.1) is 0 Å². The Morgan fingerprint density at radius 3 is 2.96 bits per heavy atom. The zero-order valence-electron chi connectivity index (χ0n) is 13.5. The van der Waals surface area contributed by atoms with Crippen molar-refractivity contribution < 1.29 is 9.53 Å². The lowest BCUT2D eigenvalue weighted by molar-refractivity contribution is -0.137. The zero-order chi connectivity index (χ0) is 15.9. The van der Waals surface area contributed by atoms with E-state index >= 15 is 0 Å². The number of amides is 1. The maximum Gasteiger partial charge on any atom is 0.226 e. The minimum absolute atomic E-state index is 0. The summed E-state index contributed by atoms with van der Waals surface area (Å²) in [7, 11) is 1.68. The number of carbonyl (C=O) groups is 1. The number of hydrogen-bond acceptors (Lipinski definition) is 3. The molecule has 0 aromatic heterocycles. The number of ether oxygens (including phenoxy) is 1. The van der Waals surface area contributed by atoms with Gasteiger partial charge in [0.15, 0.2) is 0 Å². The van der Waals surface area contributed by atoms with Crippen molar-refractivity contribution in [2.75, 3.05) is 26.8 Å². The van der Waals surface area contributed by atoms with Crippen molar-refractivity contribution in [3.8, 4) is 0 Å². The summed E-state index contributed by atoms with van der Waals surface area (Å²) in [5.41, 5.74) is 7.18. The molecule has 4 nitrogen and oxygen atoms in total. The molecule has 1 aromatic rings. The molecular weight excluding hydrogens is 380 g/mol. The van der Waals surface area contributed by atoms with Crippen molar-refractivity contribution >= 4 is 34.2 Å². The van der Waals surface area contributed by atoms with Crippen LogP contribution in [0.3, 0.4) is 0 Å². The lowest BCUT2D eigenvalue weighted by atomic mass is 9.93. The van der Waals surface area contributed by atoms with Gasteiger partial charge in [-0.1, -0.05) is 28.1 Å². The van der Waals surface area contributed by atoms with E-state index in [1.54, 1.807) is 7.11 Å². The van der Waals surface area contributed by atoms with Crippen molar-refractivity contribution in [3.63, 3.8) is 0 Å². The number of rotatable bonds is 6. The first-order chi connectivity index (χ1) is 10.6. The minimum Gasteiger partial charge on any atom is -0.385 e. The molecule has 1 aliphatic rings. The fourth-order valence-corrected chi connectivity index (χ4v) is 3.44. The first-order valence-electron chi connectivity index (χ1n) is 7.88. The predicted octanol–water partition coefficient (Wildman–Crippen LogP) is 3.02. The number of nitrogens with zero attached hydrogens (tertiary/aromatic N) is 1. The zero-order valence-corrected chi connectivity index (χ0v) is 15.9. The maximum atomic E-state index is 12.8. The summed E-state index contributed by atoms with van der Waals surface area (Å²) in [5.74, 6) is 0.173. The van der Waals surface area contributed by atoms with Gasteiger partial charge < -0.3 is 15.4 Å². The fraction of sp³-hybridized carbons (Fsp3) is 0.588. The summed E-state index contributed by atoms with van der Waals surface area (Å²) in [6, 6.07) is 8.27. The number of nitrogens with two attached hydrogens (primary N) is 1. The number of halogens is 2. The second-order valence-corrected chi connectivity index (χ2v) is 6.91. The number of carbonyl (C=O) groups excluding carboxylic acids is 1. The lowest BCUT2D eigenvalue weighted by Crippen LogP contribution is -2.48. The van der Waals surface area contributed by atoms with E-state index in [0.717, 1.165) is 36.7 Å². The van der Waals surface area contributed by atoms with Crippen LogP contribution in [0.15, 0.2) is 28.7 Å². The Morgan fingerprint density at radius 2 is 2.30 bits per heavy atom. The molecule has 2 unspecified atom stereocenters. The average Bonchev–Trinajstić information content (AvgIpc) is 2.51. The summed E-state index contributed by atoms with van der Waals surface area (Å²) >= 11 is 3.49. The third-order valence-electron chi connectivity index (χ3n) is 4.16. The largest absolute Gasteiger partial charge is 0.385 e. The van der Waals surface area contributed by atoms with Gasteiger partial charge in [0, 0.05) is 43.2 Å². The Morgan fingerprint density at radius 1 is 1.52 bits per heavy atom. The van der Waals surface area contributed by atoms with Crippen LogP contribution in [0.2, 0.25) is 0 Å². The van der Waals surface area contributed by atoms with Crippen molar-refractivity contribution in [2.24, 2.45) is 11.7 Å². The van der Waals surface area contributed by atoms with E-state index in [0.29, 0.717) is 13.2 Å². The Labute approximate surface area is 153 Å². The first kappa shape index (κ1) is 20.4. The van der Waals surface area contributed by atoms with Gasteiger partial charge >= 0.3 is 0 Å². The van der Waals surface area contributed by atoms with Gasteiger partial charge in [0.1, 0.15) is 0 Å². The number of benzene rings is 1. The minimum atomic E-state index is -0.0421. The molecule has 1 amide bonds. The number of likely N-dealkylation sites (tertiary alicyclic amines) is 1. The highest BCUT2D eigenvalue weighted by Gasteiger charge is 2.27. The van der Waals surface area contributed by atoms with Gasteiger partial charge in [0.25, 0.3) is 0 Å². The molecule has 2 N–H and O–H groups in total. The van der Waals surface area contributed by atoms with Crippen molar-refractivity contribution in [2.45, 2.75) is 31.7 Å². The quantitative estimate of drug-likeness (QED) is 0.791. The molecule has 1 saturated heterocycles. The molecule has 130 valence electrons. The van der Waals surface area contributed by atoms with Gasteiger partial charge in [0.2, 0.25) is 5.91 Å². The number of piperidine rings is 1. The van der Waals surface area contributed by atoms with Crippen LogP contribution >= 0.6 is 28.3 Å². The molecule has 0 aliphatic carbocycles. The van der Waals surface area contributed by atoms with Gasteiger partial charge in [-0.3, -0.25) is 4.79 Å². The molecule has 0 bridgehead atoms. The van der Waals surface area contributed by atoms with Crippen LogP contribution in [0, 0.1) is 5.92 Å². The van der Waals surface area contributed by atoms with E-state index in [-0.39, 0.29) is 30.3 Å². The molecule has 2 rings (SSSR count). The monoisotopic (exact) mass is 404 g/mol. The van der Waals surface area contributed by atoms with Crippen LogP contribution in [0.25, 0.3) is 0 Å². The highest BCUT2D eigenvalue weighted by atomic mass is 79.9. The van der Waals surface area contributed by atoms with Crippen molar-refractivity contribution in [1.82, 2.24) is 4.90 Å². The summed E-state index contributed by atoms with van der Waals surface area (Å²) in [5, 5.41) is 0. The Kier molecular flexibility index (Phi) is 9.14. The summed E-state index contributed by atoms with van der Waals surface area (Å²) < 4.78 is 6.23. The van der Waals surface area contributed by atoms with E-state index in [1.165, 1.54) is 5.56 Å². The second kappa shape index (κ2) is 10.3. The van der Waals surface area contributed by atoms with Crippen LogP contribution in [-0.4, -0.2) is 43.7 Å². The van der Waals surface area contributed by atoms with E-state index in [9.17, 15) is 4.79 Å². The van der Waals surface area contributed by atoms with Gasteiger partial charge in [-0.05, 0) is 43.4 Å². The number of hydrogen-bond donors (Lipinski definition) is 1. The molecule has 1 aliphatic heterocycles. The summed E-state index contributed by atoms with van der Waals surface area (Å²) in [6.07, 6.45) is 3.50. The third kappa shape index (κ3) is 6.42. The topological polar surface area (TPSA) is 55.6 Å². The van der Waals surface area contributed by atoms with E-state index in [1.807, 2.05) is 17.0 Å². The molecule has 1 heterocycles. The van der Waals surface area contributed by atoms with Crippen LogP contribution in [0.1, 0.15) is 24.8 Å². The van der Waals surface area contributed by atoms with Crippen molar-refractivity contribution in [3.05, 3.63) is 34.3 Å². The molecule has 0 saturated carbocycles. The van der Waals surface area contributed by atoms with E-state index in [2.05, 4.69) is 28.1 Å². The molecule has 23 heavy (non-hydrogen) atoms. The van der Waals surface area contributed by atoms with E-state index < -0.39 is 0 Å². The predicted molar refractivity (Wildman–Crippen MR) is 98.9 cm³/mol. The van der Waals surface area contributed by atoms with Gasteiger partial charge in [-0.25, -0.2) is 0 Å². The average molecular weight is 406 g/mol. The molecule has 2 atom stereocenters. The van der Waals surface area contributed by atoms with Gasteiger partial charge in [-0.2, -0.15) is 0 Å². The Bertz CT molecular complexity index is 501. The first-order valence-corrected chi connectivity index (χ1v) is 8.67. The van der Waals surface area contributed by atoms with Crippen LogP contribution in [0.4, 0.5) is 0 Å². The normalized spacial score (nSPS) is 19.1. The van der Waals surface area contributed by atoms with Crippen molar-refractivity contribution in [1.29, 1.82) is 0 Å². The molecule has 6 heteroatoms. The standard InChI is InChI=1S/C17H25BrN2O2.ClH/c1-22-9-7-14(10-13-4-2-5-15(18)11-13)17(21)20-8-3-6-16(19)12-20;/h2,4-5,11,14,16H,3,6-10,12,19H2,1H3;1H. The van der Waals surface area contributed by atoms with Crippen LogP contribution in [0.5, 0.6) is 0 Å². The molecule has 1 fully saturated rings. The van der Waals surface area contributed by atoms with Crippen LogP contribution in [-0.2, 0) is 16.0 Å². The Hall–Kier alpha value is -0.620. The highest BCUT2D eigenvalue weighted by Crippen LogP contribution is 2.21. The highest BCUT2D eigenvalue weighted by molar-refractivity contribution is 9.10. The SMILES string of the molecule is COCCC(Cc1cccc(Br)c1)C(=O)N1CCCC(N)C1.Cl. The molecule has 0 spiro atoms. The third-order valence-corrected chi connectivity index (χ3v) is 4.65. The second-order valence-electron chi connectivity index (χ2n) is 6.00. The number of methoxy groups -OCH3 is 1. The summed E-state index contributed by atoms with van der Waals surface area (Å²) in [6.45, 7) is 2.11. The maximum absolute atomic E-state index is 12.8.